The Kier molecular flexibility index (Phi) is 3.98. The van der Waals surface area contributed by atoms with Crippen LogP contribution < -0.4 is 10.1 Å². The SMILES string of the molecule is COc1ccc(Cl)cc1NC(=O)Cn1cnc2ccccc21. The maximum absolute atomic E-state index is 12.2. The standard InChI is InChI=1S/C16H14ClN3O2/c1-22-15-7-6-11(17)8-13(15)19-16(21)9-20-10-18-12-4-2-3-5-14(12)20/h2-8,10H,9H2,1H3,(H,19,21). The van der Waals surface area contributed by atoms with Gasteiger partial charge >= 0.3 is 0 Å². The molecule has 0 bridgehead atoms. The first-order valence-electron chi connectivity index (χ1n) is 6.70. The molecule has 2 aromatic carbocycles. The van der Waals surface area contributed by atoms with Crippen molar-refractivity contribution in [1.82, 2.24) is 9.55 Å². The van der Waals surface area contributed by atoms with Gasteiger partial charge in [0, 0.05) is 5.02 Å². The molecule has 0 aliphatic rings. The predicted octanol–water partition coefficient (Wildman–Crippen LogP) is 3.34. The number of fused-ring (bicyclic) bond motifs is 1. The zero-order valence-electron chi connectivity index (χ0n) is 11.9. The van der Waals surface area contributed by atoms with Gasteiger partial charge in [0.05, 0.1) is 30.2 Å². The number of carbonyl (C=O) groups excluding carboxylic acids is 1. The van der Waals surface area contributed by atoms with Crippen molar-refractivity contribution >= 4 is 34.2 Å². The maximum atomic E-state index is 12.2. The minimum atomic E-state index is -0.177. The summed E-state index contributed by atoms with van der Waals surface area (Å²) < 4.78 is 7.01. The molecule has 1 amide bonds. The van der Waals surface area contributed by atoms with Gasteiger partial charge < -0.3 is 14.6 Å². The van der Waals surface area contributed by atoms with Gasteiger partial charge in [-0.3, -0.25) is 4.79 Å². The molecule has 1 aromatic heterocycles. The number of para-hydroxylation sites is 2. The molecule has 22 heavy (non-hydrogen) atoms. The minimum Gasteiger partial charge on any atom is -0.495 e. The molecule has 0 saturated carbocycles. The lowest BCUT2D eigenvalue weighted by molar-refractivity contribution is -0.116. The van der Waals surface area contributed by atoms with Crippen molar-refractivity contribution in [2.75, 3.05) is 12.4 Å². The highest BCUT2D eigenvalue weighted by Gasteiger charge is 2.10. The van der Waals surface area contributed by atoms with Crippen LogP contribution >= 0.6 is 11.6 Å². The second-order valence-electron chi connectivity index (χ2n) is 4.75. The lowest BCUT2D eigenvalue weighted by Crippen LogP contribution is -2.18. The number of carbonyl (C=O) groups is 1. The number of ether oxygens (including phenoxy) is 1. The molecule has 1 N–H and O–H groups in total. The van der Waals surface area contributed by atoms with E-state index in [1.807, 2.05) is 24.3 Å². The fourth-order valence-corrected chi connectivity index (χ4v) is 2.43. The van der Waals surface area contributed by atoms with Crippen molar-refractivity contribution in [2.45, 2.75) is 6.54 Å². The zero-order chi connectivity index (χ0) is 15.5. The molecule has 3 rings (SSSR count). The van der Waals surface area contributed by atoms with Crippen LogP contribution in [0, 0.1) is 0 Å². The summed E-state index contributed by atoms with van der Waals surface area (Å²) in [6.07, 6.45) is 1.65. The Morgan fingerprint density at radius 3 is 2.95 bits per heavy atom. The number of nitrogens with one attached hydrogen (secondary N) is 1. The Morgan fingerprint density at radius 2 is 2.14 bits per heavy atom. The van der Waals surface area contributed by atoms with E-state index >= 15 is 0 Å². The van der Waals surface area contributed by atoms with Gasteiger partial charge in [-0.1, -0.05) is 23.7 Å². The number of rotatable bonds is 4. The van der Waals surface area contributed by atoms with Gasteiger partial charge in [-0.15, -0.1) is 0 Å². The summed E-state index contributed by atoms with van der Waals surface area (Å²) >= 11 is 5.96. The van der Waals surface area contributed by atoms with E-state index in [2.05, 4.69) is 10.3 Å². The number of imidazole rings is 1. The number of benzene rings is 2. The van der Waals surface area contributed by atoms with Crippen LogP contribution in [0.4, 0.5) is 5.69 Å². The van der Waals surface area contributed by atoms with E-state index in [-0.39, 0.29) is 12.5 Å². The minimum absolute atomic E-state index is 0.163. The maximum Gasteiger partial charge on any atom is 0.244 e. The van der Waals surface area contributed by atoms with Crippen LogP contribution in [0.25, 0.3) is 11.0 Å². The van der Waals surface area contributed by atoms with Crippen LogP contribution in [0.5, 0.6) is 5.75 Å². The molecule has 6 heteroatoms. The van der Waals surface area contributed by atoms with Gasteiger partial charge in [-0.25, -0.2) is 4.98 Å². The Bertz CT molecular complexity index is 829. The van der Waals surface area contributed by atoms with Crippen LogP contribution in [0.3, 0.4) is 0 Å². The number of anilines is 1. The zero-order valence-corrected chi connectivity index (χ0v) is 12.7. The van der Waals surface area contributed by atoms with Gasteiger partial charge in [0.1, 0.15) is 12.3 Å². The third-order valence-corrected chi connectivity index (χ3v) is 3.51. The first kappa shape index (κ1) is 14.4. The van der Waals surface area contributed by atoms with Gasteiger partial charge in [0.25, 0.3) is 0 Å². The summed E-state index contributed by atoms with van der Waals surface area (Å²) in [7, 11) is 1.54. The molecule has 112 valence electrons. The van der Waals surface area contributed by atoms with Crippen molar-refractivity contribution in [3.8, 4) is 5.75 Å². The Balaban J connectivity index is 1.79. The van der Waals surface area contributed by atoms with E-state index < -0.39 is 0 Å². The van der Waals surface area contributed by atoms with E-state index in [1.165, 1.54) is 0 Å². The van der Waals surface area contributed by atoms with Crippen LogP contribution in [0.15, 0.2) is 48.8 Å². The predicted molar refractivity (Wildman–Crippen MR) is 86.4 cm³/mol. The van der Waals surface area contributed by atoms with E-state index in [0.717, 1.165) is 11.0 Å². The largest absolute Gasteiger partial charge is 0.495 e. The topological polar surface area (TPSA) is 56.1 Å². The lowest BCUT2D eigenvalue weighted by atomic mass is 10.3. The van der Waals surface area contributed by atoms with Crippen molar-refractivity contribution in [3.05, 3.63) is 53.8 Å². The second-order valence-corrected chi connectivity index (χ2v) is 5.19. The third-order valence-electron chi connectivity index (χ3n) is 3.28. The summed E-state index contributed by atoms with van der Waals surface area (Å²) in [6, 6.07) is 12.7. The van der Waals surface area contributed by atoms with E-state index in [9.17, 15) is 4.79 Å². The highest BCUT2D eigenvalue weighted by molar-refractivity contribution is 6.31. The number of methoxy groups -OCH3 is 1. The summed E-state index contributed by atoms with van der Waals surface area (Å²) in [6.45, 7) is 0.163. The molecule has 0 saturated heterocycles. The summed E-state index contributed by atoms with van der Waals surface area (Å²) in [4.78, 5) is 16.5. The molecule has 1 heterocycles. The smallest absolute Gasteiger partial charge is 0.244 e. The van der Waals surface area contributed by atoms with Crippen LogP contribution in [-0.2, 0) is 11.3 Å². The fourth-order valence-electron chi connectivity index (χ4n) is 2.26. The molecule has 0 aliphatic heterocycles. The quantitative estimate of drug-likeness (QED) is 0.803. The molecular weight excluding hydrogens is 302 g/mol. The second kappa shape index (κ2) is 6.07. The molecule has 0 radical (unpaired) electrons. The highest BCUT2D eigenvalue weighted by Crippen LogP contribution is 2.27. The molecule has 0 aliphatic carbocycles. The van der Waals surface area contributed by atoms with Crippen LogP contribution in [-0.4, -0.2) is 22.6 Å². The van der Waals surface area contributed by atoms with E-state index in [4.69, 9.17) is 16.3 Å². The molecule has 0 fully saturated rings. The summed E-state index contributed by atoms with van der Waals surface area (Å²) in [5, 5.41) is 3.34. The third kappa shape index (κ3) is 2.89. The van der Waals surface area contributed by atoms with Crippen molar-refractivity contribution in [1.29, 1.82) is 0 Å². The Hall–Kier alpha value is -2.53. The number of aromatic nitrogens is 2. The number of amides is 1. The highest BCUT2D eigenvalue weighted by atomic mass is 35.5. The summed E-state index contributed by atoms with van der Waals surface area (Å²) in [5.41, 5.74) is 2.32. The average molecular weight is 316 g/mol. The molecule has 5 nitrogen and oxygen atoms in total. The number of hydrogen-bond donors (Lipinski definition) is 1. The molecular formula is C16H14ClN3O2. The summed E-state index contributed by atoms with van der Waals surface area (Å²) in [5.74, 6) is 0.386. The van der Waals surface area contributed by atoms with Gasteiger partial charge in [-0.05, 0) is 30.3 Å². The fraction of sp³-hybridized carbons (Fsp3) is 0.125. The molecule has 0 spiro atoms. The Morgan fingerprint density at radius 1 is 1.32 bits per heavy atom. The van der Waals surface area contributed by atoms with E-state index in [1.54, 1.807) is 36.2 Å². The van der Waals surface area contributed by atoms with Crippen LogP contribution in [0.2, 0.25) is 5.02 Å². The van der Waals surface area contributed by atoms with Gasteiger partial charge in [0.2, 0.25) is 5.91 Å². The Labute approximate surface area is 132 Å². The lowest BCUT2D eigenvalue weighted by Gasteiger charge is -2.11. The number of halogens is 1. The molecule has 3 aromatic rings. The monoisotopic (exact) mass is 315 g/mol. The van der Waals surface area contributed by atoms with Crippen LogP contribution in [0.1, 0.15) is 0 Å². The van der Waals surface area contributed by atoms with Crippen molar-refractivity contribution in [3.63, 3.8) is 0 Å². The van der Waals surface area contributed by atoms with Crippen molar-refractivity contribution < 1.29 is 9.53 Å². The normalized spacial score (nSPS) is 10.6. The number of nitrogens with zero attached hydrogens (tertiary/aromatic N) is 2. The number of hydrogen-bond acceptors (Lipinski definition) is 3. The van der Waals surface area contributed by atoms with Gasteiger partial charge in [-0.2, -0.15) is 0 Å². The van der Waals surface area contributed by atoms with Gasteiger partial charge in [0.15, 0.2) is 0 Å². The molecule has 0 unspecified atom stereocenters. The van der Waals surface area contributed by atoms with Crippen molar-refractivity contribution in [2.24, 2.45) is 0 Å². The average Bonchev–Trinajstić information content (AvgIpc) is 2.91. The molecule has 0 atom stereocenters. The first-order chi connectivity index (χ1) is 10.7. The first-order valence-corrected chi connectivity index (χ1v) is 7.08. The van der Waals surface area contributed by atoms with E-state index in [0.29, 0.717) is 16.5 Å².